The van der Waals surface area contributed by atoms with Gasteiger partial charge in [0.05, 0.1) is 12.1 Å². The molecule has 0 heterocycles. The van der Waals surface area contributed by atoms with E-state index in [0.29, 0.717) is 0 Å². The molecular formula is C14H11ClFNO3. The summed E-state index contributed by atoms with van der Waals surface area (Å²) in [5, 5.41) is 11.9. The van der Waals surface area contributed by atoms with Crippen molar-refractivity contribution in [3.63, 3.8) is 0 Å². The van der Waals surface area contributed by atoms with E-state index in [-0.39, 0.29) is 27.8 Å². The van der Waals surface area contributed by atoms with Crippen LogP contribution in [0.15, 0.2) is 36.4 Å². The van der Waals surface area contributed by atoms with Crippen molar-refractivity contribution in [3.05, 3.63) is 52.8 Å². The Hall–Kier alpha value is -2.27. The van der Waals surface area contributed by atoms with Gasteiger partial charge in [0.2, 0.25) is 0 Å². The predicted octanol–water partition coefficient (Wildman–Crippen LogP) is 3.45. The van der Waals surface area contributed by atoms with Gasteiger partial charge in [-0.1, -0.05) is 11.6 Å². The number of ether oxygens (including phenoxy) is 1. The molecule has 0 aliphatic heterocycles. The lowest BCUT2D eigenvalue weighted by Gasteiger charge is -2.08. The number of methoxy groups -OCH3 is 1. The molecule has 0 fully saturated rings. The Kier molecular flexibility index (Phi) is 4.10. The Morgan fingerprint density at radius 3 is 2.65 bits per heavy atom. The number of phenols is 1. The zero-order valence-corrected chi connectivity index (χ0v) is 11.2. The minimum absolute atomic E-state index is 0.0681. The minimum Gasteiger partial charge on any atom is -0.506 e. The molecule has 0 radical (unpaired) electrons. The summed E-state index contributed by atoms with van der Waals surface area (Å²) < 4.78 is 18.3. The van der Waals surface area contributed by atoms with Crippen molar-refractivity contribution in [1.29, 1.82) is 0 Å². The summed E-state index contributed by atoms with van der Waals surface area (Å²) in [4.78, 5) is 11.9. The van der Waals surface area contributed by atoms with Crippen LogP contribution < -0.4 is 10.1 Å². The third-order valence-electron chi connectivity index (χ3n) is 2.62. The van der Waals surface area contributed by atoms with Gasteiger partial charge in [-0.3, -0.25) is 4.79 Å². The number of halogens is 2. The summed E-state index contributed by atoms with van der Waals surface area (Å²) in [6.07, 6.45) is 0. The van der Waals surface area contributed by atoms with Crippen molar-refractivity contribution >= 4 is 23.2 Å². The normalized spacial score (nSPS) is 10.2. The second-order valence-corrected chi connectivity index (χ2v) is 4.38. The first kappa shape index (κ1) is 14.1. The molecule has 0 saturated heterocycles. The van der Waals surface area contributed by atoms with Crippen LogP contribution in [0.2, 0.25) is 5.02 Å². The molecule has 2 N–H and O–H groups in total. The van der Waals surface area contributed by atoms with Gasteiger partial charge in [-0.15, -0.1) is 0 Å². The summed E-state index contributed by atoms with van der Waals surface area (Å²) in [6.45, 7) is 0. The molecule has 2 rings (SSSR count). The number of anilines is 1. The summed E-state index contributed by atoms with van der Waals surface area (Å²) in [7, 11) is 1.36. The maximum Gasteiger partial charge on any atom is 0.255 e. The van der Waals surface area contributed by atoms with E-state index in [0.717, 1.165) is 6.07 Å². The molecule has 20 heavy (non-hydrogen) atoms. The molecule has 0 atom stereocenters. The van der Waals surface area contributed by atoms with Crippen molar-refractivity contribution in [2.75, 3.05) is 12.4 Å². The fourth-order valence-corrected chi connectivity index (χ4v) is 1.78. The van der Waals surface area contributed by atoms with E-state index in [1.54, 1.807) is 0 Å². The van der Waals surface area contributed by atoms with Crippen LogP contribution in [0, 0.1) is 5.82 Å². The van der Waals surface area contributed by atoms with E-state index in [1.807, 2.05) is 0 Å². The van der Waals surface area contributed by atoms with Crippen LogP contribution in [0.1, 0.15) is 10.4 Å². The van der Waals surface area contributed by atoms with Gasteiger partial charge in [-0.25, -0.2) is 4.39 Å². The quantitative estimate of drug-likeness (QED) is 0.912. The average molecular weight is 296 g/mol. The Bertz CT molecular complexity index is 661. The molecular weight excluding hydrogens is 285 g/mol. The molecule has 0 aliphatic rings. The number of carbonyl (C=O) groups excluding carboxylic acids is 1. The van der Waals surface area contributed by atoms with Crippen molar-refractivity contribution in [3.8, 4) is 11.5 Å². The molecule has 0 aliphatic carbocycles. The summed E-state index contributed by atoms with van der Waals surface area (Å²) in [6, 6.07) is 8.13. The van der Waals surface area contributed by atoms with Gasteiger partial charge in [0.15, 0.2) is 11.6 Å². The zero-order chi connectivity index (χ0) is 14.7. The molecule has 2 aromatic rings. The lowest BCUT2D eigenvalue weighted by atomic mass is 10.2. The maximum atomic E-state index is 13.5. The number of carbonyl (C=O) groups is 1. The van der Waals surface area contributed by atoms with Crippen LogP contribution in [0.3, 0.4) is 0 Å². The molecule has 0 saturated carbocycles. The number of nitrogens with one attached hydrogen (secondary N) is 1. The fourth-order valence-electron chi connectivity index (χ4n) is 1.60. The van der Waals surface area contributed by atoms with Crippen molar-refractivity contribution in [1.82, 2.24) is 0 Å². The molecule has 2 aromatic carbocycles. The fraction of sp³-hybridized carbons (Fsp3) is 0.0714. The Morgan fingerprint density at radius 2 is 2.05 bits per heavy atom. The van der Waals surface area contributed by atoms with E-state index in [9.17, 15) is 14.3 Å². The van der Waals surface area contributed by atoms with Crippen LogP contribution in [0.5, 0.6) is 11.5 Å². The number of phenolic OH excluding ortho intramolecular Hbond substituents is 1. The monoisotopic (exact) mass is 295 g/mol. The van der Waals surface area contributed by atoms with E-state index in [1.165, 1.54) is 37.4 Å². The Labute approximate surface area is 119 Å². The highest BCUT2D eigenvalue weighted by molar-refractivity contribution is 6.32. The lowest BCUT2D eigenvalue weighted by Crippen LogP contribution is -2.12. The summed E-state index contributed by atoms with van der Waals surface area (Å²) in [5.74, 6) is -1.06. The second kappa shape index (κ2) is 5.79. The van der Waals surface area contributed by atoms with Gasteiger partial charge in [0.1, 0.15) is 5.75 Å². The smallest absolute Gasteiger partial charge is 0.255 e. The van der Waals surface area contributed by atoms with Crippen LogP contribution in [0.4, 0.5) is 10.1 Å². The highest BCUT2D eigenvalue weighted by atomic mass is 35.5. The zero-order valence-electron chi connectivity index (χ0n) is 10.5. The predicted molar refractivity (Wildman–Crippen MR) is 74.0 cm³/mol. The molecule has 0 bridgehead atoms. The Balaban J connectivity index is 2.19. The maximum absolute atomic E-state index is 13.5. The van der Waals surface area contributed by atoms with Gasteiger partial charge < -0.3 is 15.2 Å². The van der Waals surface area contributed by atoms with Crippen LogP contribution in [0.25, 0.3) is 0 Å². The van der Waals surface area contributed by atoms with Crippen LogP contribution in [-0.2, 0) is 0 Å². The number of hydrogen-bond donors (Lipinski definition) is 2. The molecule has 0 spiro atoms. The van der Waals surface area contributed by atoms with Crippen molar-refractivity contribution in [2.45, 2.75) is 0 Å². The van der Waals surface area contributed by atoms with E-state index in [4.69, 9.17) is 16.3 Å². The molecule has 104 valence electrons. The molecule has 6 heteroatoms. The first-order chi connectivity index (χ1) is 9.51. The second-order valence-electron chi connectivity index (χ2n) is 3.97. The summed E-state index contributed by atoms with van der Waals surface area (Å²) >= 11 is 5.72. The SMILES string of the molecule is COc1ccc(NC(=O)c2ccc(O)c(Cl)c2)cc1F. The lowest BCUT2D eigenvalue weighted by molar-refractivity contribution is 0.102. The number of aromatic hydroxyl groups is 1. The molecule has 0 aromatic heterocycles. The van der Waals surface area contributed by atoms with Gasteiger partial charge in [0, 0.05) is 17.3 Å². The largest absolute Gasteiger partial charge is 0.506 e. The van der Waals surface area contributed by atoms with Gasteiger partial charge >= 0.3 is 0 Å². The topological polar surface area (TPSA) is 58.6 Å². The number of amides is 1. The third-order valence-corrected chi connectivity index (χ3v) is 2.92. The van der Waals surface area contributed by atoms with Crippen molar-refractivity contribution in [2.24, 2.45) is 0 Å². The number of benzene rings is 2. The van der Waals surface area contributed by atoms with Crippen LogP contribution >= 0.6 is 11.6 Å². The summed E-state index contributed by atoms with van der Waals surface area (Å²) in [5.41, 5.74) is 0.543. The average Bonchev–Trinajstić information content (AvgIpc) is 2.42. The van der Waals surface area contributed by atoms with E-state index >= 15 is 0 Å². The molecule has 0 unspecified atom stereocenters. The van der Waals surface area contributed by atoms with Gasteiger partial charge in [0.25, 0.3) is 5.91 Å². The van der Waals surface area contributed by atoms with Crippen LogP contribution in [-0.4, -0.2) is 18.1 Å². The first-order valence-corrected chi connectivity index (χ1v) is 6.02. The standard InChI is InChI=1S/C14H11ClFNO3/c1-20-13-5-3-9(7-11(13)16)17-14(19)8-2-4-12(18)10(15)6-8/h2-7,18H,1H3,(H,17,19). The van der Waals surface area contributed by atoms with Gasteiger partial charge in [-0.05, 0) is 30.3 Å². The third kappa shape index (κ3) is 3.00. The highest BCUT2D eigenvalue weighted by Crippen LogP contribution is 2.25. The number of rotatable bonds is 3. The first-order valence-electron chi connectivity index (χ1n) is 5.64. The number of hydrogen-bond acceptors (Lipinski definition) is 3. The minimum atomic E-state index is -0.575. The highest BCUT2D eigenvalue weighted by Gasteiger charge is 2.10. The Morgan fingerprint density at radius 1 is 1.30 bits per heavy atom. The molecule has 4 nitrogen and oxygen atoms in total. The van der Waals surface area contributed by atoms with E-state index < -0.39 is 11.7 Å². The van der Waals surface area contributed by atoms with Crippen molar-refractivity contribution < 1.29 is 19.0 Å². The molecule has 1 amide bonds. The van der Waals surface area contributed by atoms with E-state index in [2.05, 4.69) is 5.32 Å². The van der Waals surface area contributed by atoms with Gasteiger partial charge in [-0.2, -0.15) is 0 Å².